The summed E-state index contributed by atoms with van der Waals surface area (Å²) < 4.78 is 12.5. The molecule has 1 unspecified atom stereocenters. The van der Waals surface area contributed by atoms with Crippen molar-refractivity contribution in [2.24, 2.45) is 10.7 Å². The maximum Gasteiger partial charge on any atom is 0.283 e. The molecule has 0 aromatic heterocycles. The van der Waals surface area contributed by atoms with Crippen LogP contribution in [0.25, 0.3) is 0 Å². The van der Waals surface area contributed by atoms with Gasteiger partial charge in [-0.2, -0.15) is 0 Å². The maximum atomic E-state index is 6.02. The summed E-state index contributed by atoms with van der Waals surface area (Å²) in [5, 5.41) is 0. The van der Waals surface area contributed by atoms with E-state index >= 15 is 0 Å². The van der Waals surface area contributed by atoms with Gasteiger partial charge in [-0.15, -0.1) is 0 Å². The molecule has 0 fully saturated rings. The lowest BCUT2D eigenvalue weighted by molar-refractivity contribution is 0.264. The van der Waals surface area contributed by atoms with Crippen LogP contribution in [0, 0.1) is 6.92 Å². The highest BCUT2D eigenvalue weighted by Crippen LogP contribution is 2.51. The molecule has 4 nitrogen and oxygen atoms in total. The van der Waals surface area contributed by atoms with Gasteiger partial charge in [0, 0.05) is 15.6 Å². The number of aryl methyl sites for hydroxylation is 1. The number of halogens is 1. The molecule has 1 spiro atoms. The molecule has 0 amide bonds. The molecule has 0 saturated carbocycles. The van der Waals surface area contributed by atoms with Crippen molar-refractivity contribution in [1.82, 2.24) is 0 Å². The number of benzene rings is 2. The highest BCUT2D eigenvalue weighted by Gasteiger charge is 2.46. The molecule has 120 valence electrons. The number of ether oxygens (including phenoxy) is 2. The van der Waals surface area contributed by atoms with Crippen molar-refractivity contribution in [3.05, 3.63) is 57.6 Å². The lowest BCUT2D eigenvalue weighted by atomic mass is 9.81. The summed E-state index contributed by atoms with van der Waals surface area (Å²) in [6, 6.07) is 12.2. The van der Waals surface area contributed by atoms with Crippen molar-refractivity contribution in [2.45, 2.75) is 26.3 Å². The monoisotopic (exact) mass is 374 g/mol. The van der Waals surface area contributed by atoms with Crippen LogP contribution in [0.5, 0.6) is 11.5 Å². The van der Waals surface area contributed by atoms with E-state index in [1.807, 2.05) is 51.1 Å². The molecule has 2 N–H and O–H groups in total. The van der Waals surface area contributed by atoms with Crippen LogP contribution >= 0.6 is 15.9 Å². The SMILES string of the molecule is CC.Cc1ccc2c(c1)C1(COC(N)=N1)c1cc(Br)ccc1O2. The molecule has 1 atom stereocenters. The van der Waals surface area contributed by atoms with E-state index in [0.717, 1.165) is 32.7 Å². The molecule has 2 aliphatic rings. The zero-order valence-corrected chi connectivity index (χ0v) is 15.0. The predicted octanol–water partition coefficient (Wildman–Crippen LogP) is 4.48. The predicted molar refractivity (Wildman–Crippen MR) is 95.1 cm³/mol. The fourth-order valence-electron chi connectivity index (χ4n) is 2.94. The number of amidine groups is 1. The average Bonchev–Trinajstić information content (AvgIpc) is 2.94. The second-order valence-electron chi connectivity index (χ2n) is 5.34. The molecule has 2 aromatic carbocycles. The van der Waals surface area contributed by atoms with Gasteiger partial charge >= 0.3 is 0 Å². The Bertz CT molecular complexity index is 735. The minimum absolute atomic E-state index is 0.218. The van der Waals surface area contributed by atoms with Gasteiger partial charge in [-0.3, -0.25) is 0 Å². The fraction of sp³-hybridized carbons (Fsp3) is 0.278. The standard InChI is InChI=1S/C16H13BrN2O2.C2H6/c1-9-2-4-13-11(6-9)16(8-20-15(18)19-16)12-7-10(17)3-5-14(12)21-13;1-2/h2-7H,8H2,1H3,(H2,18,19);1-2H3. The first-order valence-electron chi connectivity index (χ1n) is 7.66. The van der Waals surface area contributed by atoms with Crippen LogP contribution in [0.15, 0.2) is 45.9 Å². The van der Waals surface area contributed by atoms with E-state index in [1.165, 1.54) is 0 Å². The first kappa shape index (κ1) is 15.9. The van der Waals surface area contributed by atoms with E-state index in [4.69, 9.17) is 15.2 Å². The summed E-state index contributed by atoms with van der Waals surface area (Å²) in [5.74, 6) is 1.59. The van der Waals surface area contributed by atoms with Crippen molar-refractivity contribution >= 4 is 22.0 Å². The van der Waals surface area contributed by atoms with Crippen LogP contribution in [0.3, 0.4) is 0 Å². The Hall–Kier alpha value is -2.01. The van der Waals surface area contributed by atoms with Crippen molar-refractivity contribution in [2.75, 3.05) is 6.61 Å². The molecule has 0 aliphatic carbocycles. The molecular weight excluding hydrogens is 356 g/mol. The first-order valence-corrected chi connectivity index (χ1v) is 8.45. The second-order valence-corrected chi connectivity index (χ2v) is 6.26. The number of aliphatic imine (C=N–C) groups is 1. The Labute approximate surface area is 144 Å². The first-order chi connectivity index (χ1) is 11.1. The Morgan fingerprint density at radius 2 is 1.74 bits per heavy atom. The summed E-state index contributed by atoms with van der Waals surface area (Å²) in [6.07, 6.45) is 0. The van der Waals surface area contributed by atoms with Crippen molar-refractivity contribution in [3.63, 3.8) is 0 Å². The van der Waals surface area contributed by atoms with Gasteiger partial charge in [-0.25, -0.2) is 4.99 Å². The van der Waals surface area contributed by atoms with Crippen LogP contribution in [-0.4, -0.2) is 12.6 Å². The van der Waals surface area contributed by atoms with Gasteiger partial charge in [-0.1, -0.05) is 41.4 Å². The number of nitrogens with zero attached hydrogens (tertiary/aromatic N) is 1. The summed E-state index contributed by atoms with van der Waals surface area (Å²) >= 11 is 3.51. The van der Waals surface area contributed by atoms with Gasteiger partial charge in [-0.05, 0) is 37.3 Å². The molecular formula is C18H19BrN2O2. The normalized spacial score (nSPS) is 20.4. The Kier molecular flexibility index (Phi) is 4.06. The van der Waals surface area contributed by atoms with Crippen LogP contribution < -0.4 is 10.5 Å². The molecule has 5 heteroatoms. The largest absolute Gasteiger partial charge is 0.462 e. The van der Waals surface area contributed by atoms with Gasteiger partial charge in [0.2, 0.25) is 0 Å². The molecule has 2 heterocycles. The van der Waals surface area contributed by atoms with Crippen molar-refractivity contribution in [3.8, 4) is 11.5 Å². The Morgan fingerprint density at radius 3 is 2.39 bits per heavy atom. The van der Waals surface area contributed by atoms with Gasteiger partial charge in [0.05, 0.1) is 0 Å². The van der Waals surface area contributed by atoms with E-state index in [0.29, 0.717) is 6.61 Å². The third-order valence-corrected chi connectivity index (χ3v) is 4.41. The fourth-order valence-corrected chi connectivity index (χ4v) is 3.30. The zero-order chi connectivity index (χ0) is 16.6. The lowest BCUT2D eigenvalue weighted by Gasteiger charge is -2.33. The highest BCUT2D eigenvalue weighted by atomic mass is 79.9. The number of nitrogens with two attached hydrogens (primary N) is 1. The maximum absolute atomic E-state index is 6.02. The van der Waals surface area contributed by atoms with Crippen LogP contribution in [0.1, 0.15) is 30.5 Å². The van der Waals surface area contributed by atoms with E-state index < -0.39 is 5.54 Å². The topological polar surface area (TPSA) is 56.8 Å². The van der Waals surface area contributed by atoms with Crippen LogP contribution in [0.4, 0.5) is 0 Å². The minimum Gasteiger partial charge on any atom is -0.462 e. The Balaban J connectivity index is 0.000000753. The van der Waals surface area contributed by atoms with Crippen LogP contribution in [-0.2, 0) is 10.3 Å². The van der Waals surface area contributed by atoms with E-state index in [-0.39, 0.29) is 6.02 Å². The van der Waals surface area contributed by atoms with Crippen molar-refractivity contribution < 1.29 is 9.47 Å². The van der Waals surface area contributed by atoms with Gasteiger partial charge in [0.15, 0.2) is 5.54 Å². The molecule has 0 radical (unpaired) electrons. The summed E-state index contributed by atoms with van der Waals surface area (Å²) in [6.45, 7) is 6.44. The smallest absolute Gasteiger partial charge is 0.283 e. The average molecular weight is 375 g/mol. The molecule has 4 rings (SSSR count). The van der Waals surface area contributed by atoms with E-state index in [2.05, 4.69) is 27.0 Å². The third kappa shape index (κ3) is 2.49. The number of rotatable bonds is 0. The third-order valence-electron chi connectivity index (χ3n) is 3.92. The highest BCUT2D eigenvalue weighted by molar-refractivity contribution is 9.10. The number of hydrogen-bond acceptors (Lipinski definition) is 4. The van der Waals surface area contributed by atoms with Gasteiger partial charge in [0.25, 0.3) is 6.02 Å². The molecule has 23 heavy (non-hydrogen) atoms. The molecule has 2 aromatic rings. The minimum atomic E-state index is -0.622. The second kappa shape index (κ2) is 5.89. The van der Waals surface area contributed by atoms with E-state index in [1.54, 1.807) is 0 Å². The number of fused-ring (bicyclic) bond motifs is 4. The van der Waals surface area contributed by atoms with E-state index in [9.17, 15) is 0 Å². The molecule has 2 aliphatic heterocycles. The lowest BCUT2D eigenvalue weighted by Crippen LogP contribution is -2.31. The quantitative estimate of drug-likeness (QED) is 0.739. The molecule has 0 saturated heterocycles. The summed E-state index contributed by atoms with van der Waals surface area (Å²) in [7, 11) is 0. The molecule has 0 bridgehead atoms. The summed E-state index contributed by atoms with van der Waals surface area (Å²) in [4.78, 5) is 4.62. The van der Waals surface area contributed by atoms with Gasteiger partial charge < -0.3 is 15.2 Å². The number of hydrogen-bond donors (Lipinski definition) is 1. The zero-order valence-electron chi connectivity index (χ0n) is 13.4. The van der Waals surface area contributed by atoms with Crippen LogP contribution in [0.2, 0.25) is 0 Å². The van der Waals surface area contributed by atoms with Gasteiger partial charge in [0.1, 0.15) is 18.1 Å². The Morgan fingerprint density at radius 1 is 1.09 bits per heavy atom. The summed E-state index contributed by atoms with van der Waals surface area (Å²) in [5.41, 5.74) is 8.29. The van der Waals surface area contributed by atoms with Crippen molar-refractivity contribution in [1.29, 1.82) is 0 Å².